The van der Waals surface area contributed by atoms with Gasteiger partial charge in [-0.3, -0.25) is 4.79 Å². The lowest BCUT2D eigenvalue weighted by atomic mass is 10.2. The molecule has 0 spiro atoms. The number of nitrogens with one attached hydrogen (secondary N) is 1. The van der Waals surface area contributed by atoms with Crippen molar-refractivity contribution in [1.29, 1.82) is 5.26 Å². The molecule has 0 saturated carbocycles. The highest BCUT2D eigenvalue weighted by molar-refractivity contribution is 7.80. The van der Waals surface area contributed by atoms with E-state index < -0.39 is 0 Å². The Hall–Kier alpha value is -1.47. The highest BCUT2D eigenvalue weighted by atomic mass is 32.1. The minimum absolute atomic E-state index is 0.137. The molecule has 0 bridgehead atoms. The van der Waals surface area contributed by atoms with E-state index in [0.29, 0.717) is 0 Å². The van der Waals surface area contributed by atoms with Crippen LogP contribution < -0.4 is 5.56 Å². The number of rotatable bonds is 3. The molecular formula is C10H10N2OS. The second-order valence-electron chi connectivity index (χ2n) is 2.70. The van der Waals surface area contributed by atoms with Crippen molar-refractivity contribution < 1.29 is 0 Å². The van der Waals surface area contributed by atoms with Gasteiger partial charge in [0.15, 0.2) is 0 Å². The molecular weight excluding hydrogens is 196 g/mol. The molecule has 0 fully saturated rings. The standard InChI is InChI=1S/C10H10N2OS/c11-6-9-5-8(3-1-2-4-14)7-12-10(9)13/h1,3,5,7,14H,2,4H2,(H,12,13). The zero-order chi connectivity index (χ0) is 10.4. The molecule has 1 N–H and O–H groups in total. The summed E-state index contributed by atoms with van der Waals surface area (Å²) in [6.45, 7) is 0. The van der Waals surface area contributed by atoms with E-state index in [-0.39, 0.29) is 11.1 Å². The molecule has 14 heavy (non-hydrogen) atoms. The molecule has 4 heteroatoms. The molecule has 1 aromatic heterocycles. The molecule has 0 unspecified atom stereocenters. The van der Waals surface area contributed by atoms with E-state index in [1.807, 2.05) is 18.2 Å². The molecule has 1 heterocycles. The van der Waals surface area contributed by atoms with Crippen molar-refractivity contribution >= 4 is 18.7 Å². The maximum Gasteiger partial charge on any atom is 0.265 e. The molecule has 0 amide bonds. The zero-order valence-corrected chi connectivity index (χ0v) is 8.42. The van der Waals surface area contributed by atoms with Gasteiger partial charge in [-0.05, 0) is 23.8 Å². The Bertz CT molecular complexity index is 428. The maximum atomic E-state index is 11.0. The average molecular weight is 206 g/mol. The predicted molar refractivity (Wildman–Crippen MR) is 59.3 cm³/mol. The highest BCUT2D eigenvalue weighted by Crippen LogP contribution is 2.01. The van der Waals surface area contributed by atoms with Gasteiger partial charge in [-0.25, -0.2) is 0 Å². The van der Waals surface area contributed by atoms with Gasteiger partial charge in [0.05, 0.1) is 0 Å². The second-order valence-corrected chi connectivity index (χ2v) is 3.15. The quantitative estimate of drug-likeness (QED) is 0.738. The van der Waals surface area contributed by atoms with Crippen LogP contribution in [0.2, 0.25) is 0 Å². The number of aromatic amines is 1. The van der Waals surface area contributed by atoms with E-state index in [2.05, 4.69) is 17.6 Å². The lowest BCUT2D eigenvalue weighted by molar-refractivity contribution is 1.20. The van der Waals surface area contributed by atoms with Gasteiger partial charge in [0.1, 0.15) is 11.6 Å². The molecule has 72 valence electrons. The number of nitrogens with zero attached hydrogens (tertiary/aromatic N) is 1. The minimum atomic E-state index is -0.348. The molecule has 0 atom stereocenters. The predicted octanol–water partition coefficient (Wildman–Crippen LogP) is 1.58. The molecule has 1 aromatic rings. The van der Waals surface area contributed by atoms with Crippen LogP contribution in [0.15, 0.2) is 23.1 Å². The Kier molecular flexibility index (Phi) is 4.02. The molecule has 0 aliphatic carbocycles. The summed E-state index contributed by atoms with van der Waals surface area (Å²) in [6, 6.07) is 3.40. The van der Waals surface area contributed by atoms with Crippen LogP contribution in [-0.4, -0.2) is 10.7 Å². The van der Waals surface area contributed by atoms with E-state index in [1.54, 1.807) is 12.3 Å². The van der Waals surface area contributed by atoms with Crippen LogP contribution in [0.25, 0.3) is 6.08 Å². The third-order valence-electron chi connectivity index (χ3n) is 1.65. The van der Waals surface area contributed by atoms with Crippen molar-refractivity contribution in [3.05, 3.63) is 39.8 Å². The number of allylic oxidation sites excluding steroid dienone is 1. The summed E-state index contributed by atoms with van der Waals surface area (Å²) in [7, 11) is 0. The number of pyridine rings is 1. The first-order valence-electron chi connectivity index (χ1n) is 4.18. The number of hydrogen-bond acceptors (Lipinski definition) is 3. The smallest absolute Gasteiger partial charge is 0.265 e. The van der Waals surface area contributed by atoms with Crippen molar-refractivity contribution in [2.75, 3.05) is 5.75 Å². The molecule has 0 aliphatic rings. The van der Waals surface area contributed by atoms with Crippen LogP contribution in [0.1, 0.15) is 17.5 Å². The van der Waals surface area contributed by atoms with Gasteiger partial charge in [-0.2, -0.15) is 17.9 Å². The van der Waals surface area contributed by atoms with Gasteiger partial charge < -0.3 is 4.98 Å². The first-order chi connectivity index (χ1) is 6.77. The van der Waals surface area contributed by atoms with E-state index in [9.17, 15) is 4.79 Å². The topological polar surface area (TPSA) is 56.6 Å². The second kappa shape index (κ2) is 5.30. The number of nitriles is 1. The van der Waals surface area contributed by atoms with Crippen molar-refractivity contribution in [1.82, 2.24) is 4.98 Å². The Morgan fingerprint density at radius 1 is 1.64 bits per heavy atom. The van der Waals surface area contributed by atoms with Gasteiger partial charge in [0.2, 0.25) is 0 Å². The molecule has 0 saturated heterocycles. The Morgan fingerprint density at radius 3 is 3.07 bits per heavy atom. The fourth-order valence-corrected chi connectivity index (χ4v) is 1.12. The van der Waals surface area contributed by atoms with E-state index in [1.165, 1.54) is 0 Å². The molecule has 0 aliphatic heterocycles. The number of aromatic nitrogens is 1. The van der Waals surface area contributed by atoms with Crippen molar-refractivity contribution in [2.45, 2.75) is 6.42 Å². The number of hydrogen-bond donors (Lipinski definition) is 2. The van der Waals surface area contributed by atoms with Crippen LogP contribution in [0, 0.1) is 11.3 Å². The summed E-state index contributed by atoms with van der Waals surface area (Å²) in [5.41, 5.74) is 0.611. The third-order valence-corrected chi connectivity index (χ3v) is 1.91. The number of H-pyrrole nitrogens is 1. The lowest BCUT2D eigenvalue weighted by Crippen LogP contribution is -2.08. The maximum absolute atomic E-state index is 11.0. The molecule has 0 aromatic carbocycles. The van der Waals surface area contributed by atoms with Gasteiger partial charge >= 0.3 is 0 Å². The van der Waals surface area contributed by atoms with E-state index in [4.69, 9.17) is 5.26 Å². The van der Waals surface area contributed by atoms with E-state index >= 15 is 0 Å². The summed E-state index contributed by atoms with van der Waals surface area (Å²) in [6.07, 6.45) is 6.25. The Morgan fingerprint density at radius 2 is 2.43 bits per heavy atom. The fourth-order valence-electron chi connectivity index (χ4n) is 0.974. The fraction of sp³-hybridized carbons (Fsp3) is 0.200. The summed E-state index contributed by atoms with van der Waals surface area (Å²) >= 11 is 4.06. The molecule has 1 rings (SSSR count). The Balaban J connectivity index is 2.91. The third kappa shape index (κ3) is 2.79. The normalized spacial score (nSPS) is 10.3. The van der Waals surface area contributed by atoms with Gasteiger partial charge in [0, 0.05) is 6.20 Å². The largest absolute Gasteiger partial charge is 0.327 e. The van der Waals surface area contributed by atoms with Crippen LogP contribution in [0.5, 0.6) is 0 Å². The average Bonchev–Trinajstić information content (AvgIpc) is 2.21. The van der Waals surface area contributed by atoms with Crippen LogP contribution in [0.3, 0.4) is 0 Å². The van der Waals surface area contributed by atoms with Gasteiger partial charge in [0.25, 0.3) is 5.56 Å². The van der Waals surface area contributed by atoms with Crippen molar-refractivity contribution in [3.63, 3.8) is 0 Å². The zero-order valence-electron chi connectivity index (χ0n) is 7.53. The SMILES string of the molecule is N#Cc1cc(C=CCCS)c[nH]c1=O. The Labute approximate surface area is 87.5 Å². The highest BCUT2D eigenvalue weighted by Gasteiger charge is 1.97. The first-order valence-corrected chi connectivity index (χ1v) is 4.81. The van der Waals surface area contributed by atoms with E-state index in [0.717, 1.165) is 17.7 Å². The van der Waals surface area contributed by atoms with Crippen LogP contribution in [-0.2, 0) is 0 Å². The molecule has 0 radical (unpaired) electrons. The number of thiol groups is 1. The minimum Gasteiger partial charge on any atom is -0.327 e. The monoisotopic (exact) mass is 206 g/mol. The van der Waals surface area contributed by atoms with Gasteiger partial charge in [-0.15, -0.1) is 0 Å². The summed E-state index contributed by atoms with van der Waals surface area (Å²) in [5.74, 6) is 0.783. The summed E-state index contributed by atoms with van der Waals surface area (Å²) in [5, 5.41) is 8.61. The van der Waals surface area contributed by atoms with Crippen molar-refractivity contribution in [2.24, 2.45) is 0 Å². The summed E-state index contributed by atoms with van der Waals surface area (Å²) < 4.78 is 0. The van der Waals surface area contributed by atoms with Gasteiger partial charge in [-0.1, -0.05) is 12.2 Å². The van der Waals surface area contributed by atoms with Crippen LogP contribution >= 0.6 is 12.6 Å². The van der Waals surface area contributed by atoms with Crippen LogP contribution in [0.4, 0.5) is 0 Å². The summed E-state index contributed by atoms with van der Waals surface area (Å²) in [4.78, 5) is 13.5. The first kappa shape index (κ1) is 10.6. The lowest BCUT2D eigenvalue weighted by Gasteiger charge is -1.93. The molecule has 3 nitrogen and oxygen atoms in total. The van der Waals surface area contributed by atoms with Crippen molar-refractivity contribution in [3.8, 4) is 6.07 Å².